The highest BCUT2D eigenvalue weighted by Crippen LogP contribution is 2.06. The van der Waals surface area contributed by atoms with Gasteiger partial charge in [0.15, 0.2) is 5.11 Å². The fourth-order valence-electron chi connectivity index (χ4n) is 1.13. The molecule has 1 rings (SSSR count). The summed E-state index contributed by atoms with van der Waals surface area (Å²) >= 11 is 8.39. The minimum atomic E-state index is 0.721. The van der Waals surface area contributed by atoms with Gasteiger partial charge < -0.3 is 10.6 Å². The van der Waals surface area contributed by atoms with Crippen LogP contribution >= 0.6 is 28.1 Å². The second-order valence-corrected chi connectivity index (χ2v) is 4.39. The maximum Gasteiger partial charge on any atom is 0.166 e. The van der Waals surface area contributed by atoms with Gasteiger partial charge in [0.25, 0.3) is 0 Å². The van der Waals surface area contributed by atoms with Gasteiger partial charge in [0.1, 0.15) is 0 Å². The first kappa shape index (κ1) is 12.4. The Morgan fingerprint density at radius 3 is 3.00 bits per heavy atom. The normalized spacial score (nSPS) is 10.0. The Morgan fingerprint density at radius 2 is 2.40 bits per heavy atom. The van der Waals surface area contributed by atoms with Gasteiger partial charge in [-0.3, -0.25) is 4.68 Å². The lowest BCUT2D eigenvalue weighted by Crippen LogP contribution is -2.35. The van der Waals surface area contributed by atoms with Crippen LogP contribution in [0, 0.1) is 0 Å². The van der Waals surface area contributed by atoms with Gasteiger partial charge in [0.2, 0.25) is 0 Å². The van der Waals surface area contributed by atoms with Crippen molar-refractivity contribution in [1.29, 1.82) is 0 Å². The van der Waals surface area contributed by atoms with E-state index in [4.69, 9.17) is 12.2 Å². The Balaban J connectivity index is 2.09. The summed E-state index contributed by atoms with van der Waals surface area (Å²) in [5, 5.41) is 11.1. The Morgan fingerprint density at radius 1 is 1.60 bits per heavy atom. The molecule has 4 nitrogen and oxygen atoms in total. The average molecular weight is 291 g/mol. The molecular weight excluding hydrogens is 276 g/mol. The third-order valence-corrected chi connectivity index (χ3v) is 2.49. The summed E-state index contributed by atoms with van der Waals surface area (Å²) in [5.74, 6) is 0. The molecule has 2 N–H and O–H groups in total. The number of aromatic nitrogens is 2. The summed E-state index contributed by atoms with van der Waals surface area (Å²) in [4.78, 5) is 0. The molecule has 0 spiro atoms. The van der Waals surface area contributed by atoms with E-state index in [-0.39, 0.29) is 0 Å². The first-order valence-electron chi connectivity index (χ1n) is 4.92. The molecule has 0 aromatic carbocycles. The highest BCUT2D eigenvalue weighted by atomic mass is 79.9. The van der Waals surface area contributed by atoms with E-state index in [2.05, 4.69) is 31.7 Å². The number of hydrogen-bond acceptors (Lipinski definition) is 2. The van der Waals surface area contributed by atoms with Crippen LogP contribution in [0.3, 0.4) is 0 Å². The van der Waals surface area contributed by atoms with E-state index in [0.717, 1.165) is 35.6 Å². The standard InChI is InChI=1S/C9H15BrN4S/c1-2-11-9(15)12-4-3-5-14-7-8(10)6-13-14/h6-7H,2-5H2,1H3,(H2,11,12,15). The lowest BCUT2D eigenvalue weighted by molar-refractivity contribution is 0.572. The van der Waals surface area contributed by atoms with Gasteiger partial charge in [-0.05, 0) is 41.5 Å². The van der Waals surface area contributed by atoms with Crippen molar-refractivity contribution in [2.75, 3.05) is 13.1 Å². The van der Waals surface area contributed by atoms with E-state index in [1.165, 1.54) is 0 Å². The quantitative estimate of drug-likeness (QED) is 0.637. The minimum absolute atomic E-state index is 0.721. The summed E-state index contributed by atoms with van der Waals surface area (Å²) < 4.78 is 2.92. The van der Waals surface area contributed by atoms with Crippen molar-refractivity contribution in [3.8, 4) is 0 Å². The third-order valence-electron chi connectivity index (χ3n) is 1.79. The first-order valence-corrected chi connectivity index (χ1v) is 6.12. The van der Waals surface area contributed by atoms with Gasteiger partial charge in [-0.1, -0.05) is 0 Å². The van der Waals surface area contributed by atoms with E-state index in [1.807, 2.05) is 17.8 Å². The van der Waals surface area contributed by atoms with Crippen molar-refractivity contribution in [2.24, 2.45) is 0 Å². The van der Waals surface area contributed by atoms with Crippen LogP contribution in [0.5, 0.6) is 0 Å². The monoisotopic (exact) mass is 290 g/mol. The van der Waals surface area contributed by atoms with Gasteiger partial charge in [-0.15, -0.1) is 0 Å². The molecule has 15 heavy (non-hydrogen) atoms. The van der Waals surface area contributed by atoms with Crippen LogP contribution in [-0.4, -0.2) is 28.0 Å². The molecule has 0 bridgehead atoms. The van der Waals surface area contributed by atoms with E-state index in [1.54, 1.807) is 6.20 Å². The van der Waals surface area contributed by atoms with E-state index >= 15 is 0 Å². The second-order valence-electron chi connectivity index (χ2n) is 3.06. The van der Waals surface area contributed by atoms with Crippen molar-refractivity contribution >= 4 is 33.3 Å². The number of halogens is 1. The highest BCUT2D eigenvalue weighted by molar-refractivity contribution is 9.10. The summed E-state index contributed by atoms with van der Waals surface area (Å²) in [5.41, 5.74) is 0. The molecule has 0 unspecified atom stereocenters. The van der Waals surface area contributed by atoms with E-state index in [0.29, 0.717) is 0 Å². The zero-order chi connectivity index (χ0) is 11.1. The van der Waals surface area contributed by atoms with Gasteiger partial charge in [0.05, 0.1) is 10.7 Å². The summed E-state index contributed by atoms with van der Waals surface area (Å²) in [6, 6.07) is 0. The fraction of sp³-hybridized carbons (Fsp3) is 0.556. The van der Waals surface area contributed by atoms with Crippen LogP contribution in [0.4, 0.5) is 0 Å². The topological polar surface area (TPSA) is 41.9 Å². The number of rotatable bonds is 5. The van der Waals surface area contributed by atoms with Crippen LogP contribution in [0.25, 0.3) is 0 Å². The maximum absolute atomic E-state index is 5.04. The van der Waals surface area contributed by atoms with Crippen LogP contribution in [0.1, 0.15) is 13.3 Å². The van der Waals surface area contributed by atoms with Gasteiger partial charge in [0, 0.05) is 25.8 Å². The summed E-state index contributed by atoms with van der Waals surface area (Å²) in [7, 11) is 0. The van der Waals surface area contributed by atoms with E-state index < -0.39 is 0 Å². The summed E-state index contributed by atoms with van der Waals surface area (Å²) in [6.45, 7) is 4.64. The zero-order valence-electron chi connectivity index (χ0n) is 8.66. The molecule has 84 valence electrons. The number of nitrogens with one attached hydrogen (secondary N) is 2. The molecule has 0 saturated carbocycles. The molecule has 0 atom stereocenters. The van der Waals surface area contributed by atoms with Crippen LogP contribution in [0.15, 0.2) is 16.9 Å². The predicted molar refractivity (Wildman–Crippen MR) is 68.8 cm³/mol. The molecule has 0 saturated heterocycles. The predicted octanol–water partition coefficient (Wildman–Crippen LogP) is 1.52. The van der Waals surface area contributed by atoms with E-state index in [9.17, 15) is 0 Å². The maximum atomic E-state index is 5.04. The molecule has 1 aromatic rings. The molecule has 0 fully saturated rings. The molecule has 0 aliphatic heterocycles. The smallest absolute Gasteiger partial charge is 0.166 e. The van der Waals surface area contributed by atoms with Crippen molar-refractivity contribution in [3.63, 3.8) is 0 Å². The minimum Gasteiger partial charge on any atom is -0.363 e. The molecule has 0 radical (unpaired) electrons. The molecule has 0 amide bonds. The lowest BCUT2D eigenvalue weighted by Gasteiger charge is -2.08. The fourth-order valence-corrected chi connectivity index (χ4v) is 1.70. The van der Waals surface area contributed by atoms with Crippen molar-refractivity contribution in [2.45, 2.75) is 19.9 Å². The summed E-state index contributed by atoms with van der Waals surface area (Å²) in [6.07, 6.45) is 4.75. The second kappa shape index (κ2) is 6.79. The zero-order valence-corrected chi connectivity index (χ0v) is 11.1. The van der Waals surface area contributed by atoms with Crippen LogP contribution < -0.4 is 10.6 Å². The molecule has 1 aromatic heterocycles. The molecule has 6 heteroatoms. The molecule has 0 aliphatic rings. The molecule has 1 heterocycles. The van der Waals surface area contributed by atoms with Crippen molar-refractivity contribution < 1.29 is 0 Å². The highest BCUT2D eigenvalue weighted by Gasteiger charge is 1.95. The lowest BCUT2D eigenvalue weighted by atomic mass is 10.4. The van der Waals surface area contributed by atoms with Crippen LogP contribution in [-0.2, 0) is 6.54 Å². The first-order chi connectivity index (χ1) is 7.22. The molecular formula is C9H15BrN4S. The van der Waals surface area contributed by atoms with Gasteiger partial charge in [-0.2, -0.15) is 5.10 Å². The third kappa shape index (κ3) is 5.13. The molecule has 0 aliphatic carbocycles. The average Bonchev–Trinajstić information content (AvgIpc) is 2.60. The number of thiocarbonyl (C=S) groups is 1. The van der Waals surface area contributed by atoms with Crippen molar-refractivity contribution in [1.82, 2.24) is 20.4 Å². The number of nitrogens with zero attached hydrogens (tertiary/aromatic N) is 2. The Hall–Kier alpha value is -0.620. The Labute approximate surface area is 104 Å². The van der Waals surface area contributed by atoms with Crippen LogP contribution in [0.2, 0.25) is 0 Å². The SMILES string of the molecule is CCNC(=S)NCCCn1cc(Br)cn1. The number of aryl methyl sites for hydroxylation is 1. The van der Waals surface area contributed by atoms with Gasteiger partial charge >= 0.3 is 0 Å². The van der Waals surface area contributed by atoms with Crippen molar-refractivity contribution in [3.05, 3.63) is 16.9 Å². The van der Waals surface area contributed by atoms with Gasteiger partial charge in [-0.25, -0.2) is 0 Å². The Kier molecular flexibility index (Phi) is 5.63. The Bertz CT molecular complexity index is 313. The number of hydrogen-bond donors (Lipinski definition) is 2. The largest absolute Gasteiger partial charge is 0.363 e.